The van der Waals surface area contributed by atoms with E-state index in [2.05, 4.69) is 21.7 Å². The first-order valence-electron chi connectivity index (χ1n) is 8.93. The number of carboxylic acid groups (broad SMARTS) is 1. The van der Waals surface area contributed by atoms with Crippen molar-refractivity contribution in [1.29, 1.82) is 0 Å². The van der Waals surface area contributed by atoms with Crippen LogP contribution in [0.4, 0.5) is 0 Å². The van der Waals surface area contributed by atoms with Crippen molar-refractivity contribution in [2.45, 2.75) is 25.8 Å². The van der Waals surface area contributed by atoms with Crippen LogP contribution in [0, 0.1) is 5.92 Å². The number of piperidine rings is 1. The maximum absolute atomic E-state index is 11.5. The Morgan fingerprint density at radius 3 is 2.85 bits per heavy atom. The molecule has 0 radical (unpaired) electrons. The third kappa shape index (κ3) is 4.02. The van der Waals surface area contributed by atoms with Crippen molar-refractivity contribution < 1.29 is 19.4 Å². The number of ether oxygens (including phenoxy) is 2. The number of likely N-dealkylation sites (tertiary alicyclic amines) is 1. The Labute approximate surface area is 158 Å². The zero-order valence-corrected chi connectivity index (χ0v) is 16.0. The van der Waals surface area contributed by atoms with Gasteiger partial charge in [0.2, 0.25) is 0 Å². The van der Waals surface area contributed by atoms with Gasteiger partial charge in [0.1, 0.15) is 0 Å². The number of hydrogen-bond donors (Lipinski definition) is 1. The summed E-state index contributed by atoms with van der Waals surface area (Å²) < 4.78 is 11.2. The molecule has 0 amide bonds. The molecule has 0 aliphatic carbocycles. The van der Waals surface area contributed by atoms with Gasteiger partial charge in [0.25, 0.3) is 0 Å². The molecule has 0 spiro atoms. The molecular formula is C20H25NO4S. The average molecular weight is 375 g/mol. The Balaban J connectivity index is 1.97. The van der Waals surface area contributed by atoms with Crippen molar-refractivity contribution in [2.24, 2.45) is 5.92 Å². The predicted molar refractivity (Wildman–Crippen MR) is 102 cm³/mol. The quantitative estimate of drug-likeness (QED) is 0.791. The van der Waals surface area contributed by atoms with Gasteiger partial charge in [0.15, 0.2) is 11.5 Å². The number of thiophene rings is 1. The molecule has 1 aliphatic heterocycles. The summed E-state index contributed by atoms with van der Waals surface area (Å²) in [6.45, 7) is 3.96. The van der Waals surface area contributed by atoms with Gasteiger partial charge in [-0.15, -0.1) is 0 Å². The minimum absolute atomic E-state index is 0.0218. The molecule has 26 heavy (non-hydrogen) atoms. The van der Waals surface area contributed by atoms with E-state index in [1.165, 1.54) is 5.56 Å². The summed E-state index contributed by atoms with van der Waals surface area (Å²) in [6, 6.07) is 8.14. The second-order valence-corrected chi connectivity index (χ2v) is 7.25. The number of rotatable bonds is 7. The van der Waals surface area contributed by atoms with Crippen molar-refractivity contribution in [1.82, 2.24) is 4.90 Å². The first kappa shape index (κ1) is 18.7. The maximum Gasteiger partial charge on any atom is 0.307 e. The van der Waals surface area contributed by atoms with Gasteiger partial charge in [-0.2, -0.15) is 11.3 Å². The number of carboxylic acids is 1. The topological polar surface area (TPSA) is 59.0 Å². The summed E-state index contributed by atoms with van der Waals surface area (Å²) in [4.78, 5) is 13.8. The molecule has 2 unspecified atom stereocenters. The zero-order chi connectivity index (χ0) is 18.5. The van der Waals surface area contributed by atoms with Crippen LogP contribution in [0.25, 0.3) is 0 Å². The molecule has 1 fully saturated rings. The Kier molecular flexibility index (Phi) is 6.16. The van der Waals surface area contributed by atoms with Gasteiger partial charge in [-0.05, 0) is 66.4 Å². The van der Waals surface area contributed by atoms with Crippen LogP contribution in [-0.4, -0.2) is 42.8 Å². The number of nitrogens with zero attached hydrogens (tertiary/aromatic N) is 1. The second-order valence-electron chi connectivity index (χ2n) is 6.47. The van der Waals surface area contributed by atoms with Crippen LogP contribution >= 0.6 is 11.3 Å². The third-order valence-electron chi connectivity index (χ3n) is 4.83. The zero-order valence-electron chi connectivity index (χ0n) is 15.2. The Hall–Kier alpha value is -2.05. The fraction of sp³-hybridized carbons (Fsp3) is 0.450. The fourth-order valence-electron chi connectivity index (χ4n) is 3.62. The lowest BCUT2D eigenvalue weighted by molar-refractivity contribution is -0.143. The van der Waals surface area contributed by atoms with Gasteiger partial charge < -0.3 is 14.6 Å². The van der Waals surface area contributed by atoms with Crippen LogP contribution in [0.15, 0.2) is 35.0 Å². The van der Waals surface area contributed by atoms with E-state index >= 15 is 0 Å². The first-order valence-corrected chi connectivity index (χ1v) is 9.88. The van der Waals surface area contributed by atoms with E-state index in [0.29, 0.717) is 18.9 Å². The summed E-state index contributed by atoms with van der Waals surface area (Å²) in [5.41, 5.74) is 2.28. The van der Waals surface area contributed by atoms with E-state index in [0.717, 1.165) is 30.7 Å². The fourth-order valence-corrected chi connectivity index (χ4v) is 4.30. The monoisotopic (exact) mass is 375 g/mol. The smallest absolute Gasteiger partial charge is 0.307 e. The molecule has 3 rings (SSSR count). The van der Waals surface area contributed by atoms with Crippen molar-refractivity contribution >= 4 is 17.3 Å². The minimum atomic E-state index is -0.705. The van der Waals surface area contributed by atoms with Gasteiger partial charge in [-0.1, -0.05) is 6.07 Å². The lowest BCUT2D eigenvalue weighted by Crippen LogP contribution is -2.41. The summed E-state index contributed by atoms with van der Waals surface area (Å²) in [5, 5.41) is 13.7. The molecule has 5 nitrogen and oxygen atoms in total. The molecule has 0 bridgehead atoms. The molecule has 1 aromatic carbocycles. The molecule has 6 heteroatoms. The van der Waals surface area contributed by atoms with Gasteiger partial charge in [-0.3, -0.25) is 9.69 Å². The molecule has 1 N–H and O–H groups in total. The van der Waals surface area contributed by atoms with E-state index < -0.39 is 5.97 Å². The van der Waals surface area contributed by atoms with Gasteiger partial charge in [0.05, 0.1) is 25.7 Å². The van der Waals surface area contributed by atoms with Crippen LogP contribution in [0.5, 0.6) is 11.5 Å². The van der Waals surface area contributed by atoms with Crippen molar-refractivity contribution in [3.05, 3.63) is 46.2 Å². The van der Waals surface area contributed by atoms with Crippen LogP contribution in [0.1, 0.15) is 36.9 Å². The number of benzene rings is 1. The predicted octanol–water partition coefficient (Wildman–Crippen LogP) is 4.04. The van der Waals surface area contributed by atoms with Gasteiger partial charge in [0, 0.05) is 6.54 Å². The highest BCUT2D eigenvalue weighted by Crippen LogP contribution is 2.37. The average Bonchev–Trinajstić information content (AvgIpc) is 3.17. The van der Waals surface area contributed by atoms with Crippen LogP contribution in [0.3, 0.4) is 0 Å². The highest BCUT2D eigenvalue weighted by Gasteiger charge is 2.31. The third-order valence-corrected chi connectivity index (χ3v) is 5.53. The summed E-state index contributed by atoms with van der Waals surface area (Å²) in [5.74, 6) is 0.416. The largest absolute Gasteiger partial charge is 0.493 e. The lowest BCUT2D eigenvalue weighted by atomic mass is 9.92. The molecular weight excluding hydrogens is 350 g/mol. The van der Waals surface area contributed by atoms with E-state index in [-0.39, 0.29) is 12.0 Å². The van der Waals surface area contributed by atoms with E-state index in [1.54, 1.807) is 18.4 Å². The minimum Gasteiger partial charge on any atom is -0.493 e. The summed E-state index contributed by atoms with van der Waals surface area (Å²) >= 11 is 1.66. The van der Waals surface area contributed by atoms with E-state index in [4.69, 9.17) is 9.47 Å². The number of aliphatic carboxylic acids is 1. The van der Waals surface area contributed by atoms with Crippen LogP contribution in [0.2, 0.25) is 0 Å². The number of hydrogen-bond acceptors (Lipinski definition) is 5. The Morgan fingerprint density at radius 2 is 2.19 bits per heavy atom. The molecule has 2 atom stereocenters. The Bertz CT molecular complexity index is 731. The van der Waals surface area contributed by atoms with Crippen molar-refractivity contribution in [2.75, 3.05) is 26.8 Å². The standard InChI is InChI=1S/C20H25NO4S/c1-3-25-18-11-14(6-7-17(18)24-2)19(16-8-10-26-13-16)21-9-4-5-15(12-21)20(22)23/h6-8,10-11,13,15,19H,3-5,9,12H2,1-2H3,(H,22,23). The number of methoxy groups -OCH3 is 1. The lowest BCUT2D eigenvalue weighted by Gasteiger charge is -2.37. The van der Waals surface area contributed by atoms with Gasteiger partial charge in [-0.25, -0.2) is 0 Å². The molecule has 1 aromatic heterocycles. The van der Waals surface area contributed by atoms with E-state index in [1.807, 2.05) is 25.1 Å². The van der Waals surface area contributed by atoms with Crippen molar-refractivity contribution in [3.63, 3.8) is 0 Å². The van der Waals surface area contributed by atoms with Gasteiger partial charge >= 0.3 is 5.97 Å². The molecule has 2 aromatic rings. The molecule has 1 saturated heterocycles. The number of carbonyl (C=O) groups is 1. The highest BCUT2D eigenvalue weighted by molar-refractivity contribution is 7.08. The molecule has 1 aliphatic rings. The second kappa shape index (κ2) is 8.56. The first-order chi connectivity index (χ1) is 12.6. The summed E-state index contributed by atoms with van der Waals surface area (Å²) in [6.07, 6.45) is 1.64. The van der Waals surface area contributed by atoms with E-state index in [9.17, 15) is 9.90 Å². The van der Waals surface area contributed by atoms with Crippen molar-refractivity contribution in [3.8, 4) is 11.5 Å². The highest BCUT2D eigenvalue weighted by atomic mass is 32.1. The molecule has 140 valence electrons. The molecule has 2 heterocycles. The SMILES string of the molecule is CCOc1cc(C(c2ccsc2)N2CCCC(C(=O)O)C2)ccc1OC. The van der Waals surface area contributed by atoms with Crippen LogP contribution in [-0.2, 0) is 4.79 Å². The van der Waals surface area contributed by atoms with Crippen LogP contribution < -0.4 is 9.47 Å². The molecule has 0 saturated carbocycles. The normalized spacial score (nSPS) is 19.1. The summed E-state index contributed by atoms with van der Waals surface area (Å²) in [7, 11) is 1.63. The Morgan fingerprint density at radius 1 is 1.35 bits per heavy atom. The maximum atomic E-state index is 11.5.